The number of H-pyrrole nitrogens is 1. The quantitative estimate of drug-likeness (QED) is 0.863. The fraction of sp³-hybridized carbons (Fsp3) is 0.722. The van der Waals surface area contributed by atoms with Crippen molar-refractivity contribution in [2.45, 2.75) is 52.0 Å². The lowest BCUT2D eigenvalue weighted by Crippen LogP contribution is -2.56. The predicted molar refractivity (Wildman–Crippen MR) is 87.1 cm³/mol. The summed E-state index contributed by atoms with van der Waals surface area (Å²) in [5.74, 6) is 2.34. The van der Waals surface area contributed by atoms with Crippen molar-refractivity contribution in [1.82, 2.24) is 10.3 Å². The van der Waals surface area contributed by atoms with Gasteiger partial charge in [-0.3, -0.25) is 4.99 Å². The van der Waals surface area contributed by atoms with Gasteiger partial charge in [0, 0.05) is 12.2 Å². The summed E-state index contributed by atoms with van der Waals surface area (Å²) in [5.41, 5.74) is 2.90. The normalized spacial score (nSPS) is 37.0. The van der Waals surface area contributed by atoms with E-state index in [0.717, 1.165) is 29.8 Å². The van der Waals surface area contributed by atoms with E-state index in [4.69, 9.17) is 0 Å². The Labute approximate surface area is 128 Å². The van der Waals surface area contributed by atoms with Gasteiger partial charge in [-0.05, 0) is 80.6 Å². The minimum absolute atomic E-state index is 0.334. The standard InChI is InChI=1S/C18H29N3/c1-12(2)21-17-7-16(5-6-20-17)18-8-13(3)10-19-11-15(9-18)14(18)4/h5-7,12-15,19H,8-11H2,1-4H3,(H,20,21). The van der Waals surface area contributed by atoms with Gasteiger partial charge >= 0.3 is 0 Å². The highest BCUT2D eigenvalue weighted by Gasteiger charge is 2.52. The summed E-state index contributed by atoms with van der Waals surface area (Å²) in [4.78, 5) is 7.97. The molecule has 2 bridgehead atoms. The van der Waals surface area contributed by atoms with Gasteiger partial charge in [0.15, 0.2) is 0 Å². The van der Waals surface area contributed by atoms with Crippen molar-refractivity contribution in [1.29, 1.82) is 0 Å². The molecular formula is C18H29N3. The lowest BCUT2D eigenvalue weighted by Gasteiger charge is -2.57. The first-order valence-electron chi connectivity index (χ1n) is 8.45. The lowest BCUT2D eigenvalue weighted by molar-refractivity contribution is 0.0103. The van der Waals surface area contributed by atoms with Crippen LogP contribution in [0.3, 0.4) is 0 Å². The third-order valence-corrected chi connectivity index (χ3v) is 5.58. The van der Waals surface area contributed by atoms with Crippen molar-refractivity contribution in [2.75, 3.05) is 13.1 Å². The first-order chi connectivity index (χ1) is 10.0. The van der Waals surface area contributed by atoms with Crippen molar-refractivity contribution in [3.05, 3.63) is 29.4 Å². The van der Waals surface area contributed by atoms with Crippen LogP contribution in [0.25, 0.3) is 0 Å². The van der Waals surface area contributed by atoms with E-state index in [1.807, 2.05) is 0 Å². The largest absolute Gasteiger partial charge is 0.347 e. The zero-order valence-electron chi connectivity index (χ0n) is 13.8. The Kier molecular flexibility index (Phi) is 3.96. The summed E-state index contributed by atoms with van der Waals surface area (Å²) in [5, 5.41) is 3.64. The highest BCUT2D eigenvalue weighted by atomic mass is 14.9. The van der Waals surface area contributed by atoms with Gasteiger partial charge in [-0.2, -0.15) is 0 Å². The van der Waals surface area contributed by atoms with E-state index in [2.05, 4.69) is 61.3 Å². The number of fused-ring (bicyclic) bond motifs is 4. The van der Waals surface area contributed by atoms with Crippen LogP contribution in [0.5, 0.6) is 0 Å². The maximum absolute atomic E-state index is 4.68. The number of hydrogen-bond donors (Lipinski definition) is 2. The fourth-order valence-electron chi connectivity index (χ4n) is 4.46. The minimum Gasteiger partial charge on any atom is -0.347 e. The second kappa shape index (κ2) is 5.60. The maximum atomic E-state index is 4.68. The molecular weight excluding hydrogens is 258 g/mol. The zero-order valence-corrected chi connectivity index (χ0v) is 13.8. The highest BCUT2D eigenvalue weighted by Crippen LogP contribution is 2.56. The molecule has 1 aromatic heterocycles. The predicted octanol–water partition coefficient (Wildman–Crippen LogP) is 2.85. The molecule has 21 heavy (non-hydrogen) atoms. The molecule has 2 N–H and O–H groups in total. The van der Waals surface area contributed by atoms with E-state index in [0.29, 0.717) is 11.5 Å². The van der Waals surface area contributed by atoms with E-state index in [1.54, 1.807) is 0 Å². The Morgan fingerprint density at radius 3 is 2.76 bits per heavy atom. The molecule has 0 aromatic carbocycles. The molecule has 0 radical (unpaired) electrons. The van der Waals surface area contributed by atoms with Crippen LogP contribution in [0.15, 0.2) is 23.3 Å². The number of rotatable bonds is 2. The molecule has 1 aliphatic carbocycles. The molecule has 3 aliphatic rings. The van der Waals surface area contributed by atoms with Crippen LogP contribution in [-0.4, -0.2) is 24.1 Å². The maximum Gasteiger partial charge on any atom is 0.125 e. The Hall–Kier alpha value is -1.09. The number of hydrogen-bond acceptors (Lipinski definition) is 2. The average molecular weight is 287 g/mol. The van der Waals surface area contributed by atoms with E-state index in [1.165, 1.54) is 24.9 Å². The fourth-order valence-corrected chi connectivity index (χ4v) is 4.46. The second-order valence-corrected chi connectivity index (χ2v) is 7.56. The molecule has 4 atom stereocenters. The van der Waals surface area contributed by atoms with Crippen LogP contribution in [-0.2, 0) is 5.41 Å². The summed E-state index contributed by atoms with van der Waals surface area (Å²) in [7, 11) is 0. The monoisotopic (exact) mass is 287 g/mol. The summed E-state index contributed by atoms with van der Waals surface area (Å²) in [6, 6.07) is 4.92. The number of pyridine rings is 1. The topological polar surface area (TPSA) is 40.2 Å². The number of aromatic nitrogens is 1. The van der Waals surface area contributed by atoms with Crippen molar-refractivity contribution in [3.63, 3.8) is 0 Å². The van der Waals surface area contributed by atoms with Crippen molar-refractivity contribution in [3.8, 4) is 0 Å². The zero-order chi connectivity index (χ0) is 15.0. The van der Waals surface area contributed by atoms with Crippen LogP contribution in [0.2, 0.25) is 0 Å². The van der Waals surface area contributed by atoms with E-state index < -0.39 is 0 Å². The molecule has 3 nitrogen and oxygen atoms in total. The van der Waals surface area contributed by atoms with Gasteiger partial charge in [-0.1, -0.05) is 13.8 Å². The third kappa shape index (κ3) is 2.68. The molecule has 116 valence electrons. The van der Waals surface area contributed by atoms with Crippen LogP contribution >= 0.6 is 0 Å². The molecule has 3 fully saturated rings. The third-order valence-electron chi connectivity index (χ3n) is 5.58. The van der Waals surface area contributed by atoms with Crippen molar-refractivity contribution in [2.24, 2.45) is 22.7 Å². The molecule has 2 saturated heterocycles. The molecule has 1 aromatic rings. The molecule has 1 saturated carbocycles. The van der Waals surface area contributed by atoms with Crippen LogP contribution in [0, 0.1) is 17.8 Å². The first-order valence-corrected chi connectivity index (χ1v) is 8.45. The van der Waals surface area contributed by atoms with Gasteiger partial charge in [-0.15, -0.1) is 0 Å². The van der Waals surface area contributed by atoms with E-state index in [9.17, 15) is 0 Å². The van der Waals surface area contributed by atoms with E-state index in [-0.39, 0.29) is 0 Å². The molecule has 0 amide bonds. The van der Waals surface area contributed by atoms with Gasteiger partial charge in [-0.25, -0.2) is 0 Å². The van der Waals surface area contributed by atoms with Crippen molar-refractivity contribution < 1.29 is 0 Å². The van der Waals surface area contributed by atoms with Gasteiger partial charge in [0.05, 0.1) is 0 Å². The Balaban J connectivity index is 1.97. The molecule has 4 unspecified atom stereocenters. The summed E-state index contributed by atoms with van der Waals surface area (Å²) in [6.45, 7) is 11.4. The van der Waals surface area contributed by atoms with Gasteiger partial charge in [0.1, 0.15) is 5.49 Å². The van der Waals surface area contributed by atoms with E-state index >= 15 is 0 Å². The summed E-state index contributed by atoms with van der Waals surface area (Å²) in [6.07, 6.45) is 4.70. The average Bonchev–Trinajstić information content (AvgIpc) is 2.41. The summed E-state index contributed by atoms with van der Waals surface area (Å²) < 4.78 is 0. The first kappa shape index (κ1) is 14.8. The molecule has 3 heteroatoms. The second-order valence-electron chi connectivity index (χ2n) is 7.56. The Morgan fingerprint density at radius 2 is 2.05 bits per heavy atom. The summed E-state index contributed by atoms with van der Waals surface area (Å²) >= 11 is 0. The Bertz CT molecular complexity index is 560. The molecule has 0 spiro atoms. The van der Waals surface area contributed by atoms with Gasteiger partial charge in [0.2, 0.25) is 0 Å². The Morgan fingerprint density at radius 1 is 1.24 bits per heavy atom. The lowest BCUT2D eigenvalue weighted by atomic mass is 9.48. The number of aromatic amines is 1. The van der Waals surface area contributed by atoms with Crippen LogP contribution in [0.4, 0.5) is 0 Å². The SMILES string of the molecule is CC1CNCC2CC(c3cc[nH]/c(=N\C(C)C)c3)(C1)C2C. The number of nitrogens with one attached hydrogen (secondary N) is 2. The van der Waals surface area contributed by atoms with Crippen molar-refractivity contribution >= 4 is 0 Å². The minimum atomic E-state index is 0.334. The van der Waals surface area contributed by atoms with Gasteiger partial charge in [0.25, 0.3) is 0 Å². The number of nitrogens with zero attached hydrogens (tertiary/aromatic N) is 1. The smallest absolute Gasteiger partial charge is 0.125 e. The molecule has 4 rings (SSSR count). The molecule has 3 heterocycles. The van der Waals surface area contributed by atoms with Crippen LogP contribution < -0.4 is 10.8 Å². The van der Waals surface area contributed by atoms with Gasteiger partial charge < -0.3 is 10.3 Å². The highest BCUT2D eigenvalue weighted by molar-refractivity contribution is 5.29. The van der Waals surface area contributed by atoms with Crippen LogP contribution in [0.1, 0.15) is 46.1 Å². The molecule has 2 aliphatic heterocycles.